The first kappa shape index (κ1) is 17.5. The third-order valence-corrected chi connectivity index (χ3v) is 7.81. The van der Waals surface area contributed by atoms with Gasteiger partial charge in [0, 0.05) is 0 Å². The average molecular weight is 383 g/mol. The molecule has 2 aromatic rings. The fourth-order valence-corrected chi connectivity index (χ4v) is 6.10. The number of rotatable bonds is 5. The van der Waals surface area contributed by atoms with Crippen LogP contribution in [0.5, 0.6) is 11.5 Å². The van der Waals surface area contributed by atoms with Crippen molar-refractivity contribution in [3.05, 3.63) is 54.1 Å². The fraction of sp³-hybridized carbons (Fsp3) is 0.294. The third-order valence-electron chi connectivity index (χ3n) is 3.53. The minimum atomic E-state index is -3.84. The van der Waals surface area contributed by atoms with Gasteiger partial charge in [0.1, 0.15) is 16.4 Å². The molecule has 4 nitrogen and oxygen atoms in total. The van der Waals surface area contributed by atoms with Crippen LogP contribution in [0.15, 0.2) is 53.4 Å². The van der Waals surface area contributed by atoms with Gasteiger partial charge in [0.25, 0.3) is 0 Å². The maximum atomic E-state index is 12.3. The zero-order chi connectivity index (χ0) is 17.0. The van der Waals surface area contributed by atoms with Crippen molar-refractivity contribution in [1.82, 2.24) is 0 Å². The van der Waals surface area contributed by atoms with E-state index in [0.717, 1.165) is 0 Å². The molecular weight excluding hydrogens is 364 g/mol. The lowest BCUT2D eigenvalue weighted by Gasteiger charge is -2.21. The van der Waals surface area contributed by atoms with Gasteiger partial charge in [0.15, 0.2) is 0 Å². The summed E-state index contributed by atoms with van der Waals surface area (Å²) in [4.78, 5) is 0.103. The van der Waals surface area contributed by atoms with Crippen LogP contribution < -0.4 is 8.92 Å². The topological polar surface area (TPSA) is 52.6 Å². The second-order valence-corrected chi connectivity index (χ2v) is 9.48. The molecular formula is C17H18O4S3. The Bertz CT molecular complexity index is 764. The van der Waals surface area contributed by atoms with Crippen LogP contribution in [0, 0.1) is 0 Å². The summed E-state index contributed by atoms with van der Waals surface area (Å²) in [6, 6.07) is 13.4. The standard InChI is InChI=1S/C17H18O4S3/c1-20-14-7-9-16(10-8-14)24(18,19)21-15-5-3-13(4-6-15)17-22-11-2-12-23-17/h3-10,17H,2,11-12H2,1H3. The van der Waals surface area contributed by atoms with Crippen LogP contribution in [-0.4, -0.2) is 27.0 Å². The first-order valence-electron chi connectivity index (χ1n) is 7.50. The highest BCUT2D eigenvalue weighted by Crippen LogP contribution is 2.43. The highest BCUT2D eigenvalue weighted by atomic mass is 32.2. The van der Waals surface area contributed by atoms with Gasteiger partial charge in [-0.25, -0.2) is 0 Å². The molecule has 0 N–H and O–H groups in total. The zero-order valence-corrected chi connectivity index (χ0v) is 15.6. The van der Waals surface area contributed by atoms with E-state index in [9.17, 15) is 8.42 Å². The van der Waals surface area contributed by atoms with Crippen LogP contribution in [0.2, 0.25) is 0 Å². The van der Waals surface area contributed by atoms with Crippen LogP contribution >= 0.6 is 23.5 Å². The Balaban J connectivity index is 1.72. The van der Waals surface area contributed by atoms with Crippen molar-refractivity contribution in [2.75, 3.05) is 18.6 Å². The fourth-order valence-electron chi connectivity index (χ4n) is 2.28. The van der Waals surface area contributed by atoms with Crippen LogP contribution in [0.4, 0.5) is 0 Å². The van der Waals surface area contributed by atoms with Crippen molar-refractivity contribution in [2.24, 2.45) is 0 Å². The van der Waals surface area contributed by atoms with E-state index in [1.807, 2.05) is 35.7 Å². The molecule has 7 heteroatoms. The summed E-state index contributed by atoms with van der Waals surface area (Å²) in [5.74, 6) is 3.25. The van der Waals surface area contributed by atoms with Gasteiger partial charge in [-0.2, -0.15) is 8.42 Å². The second-order valence-electron chi connectivity index (χ2n) is 5.21. The predicted molar refractivity (Wildman–Crippen MR) is 99.5 cm³/mol. The van der Waals surface area contributed by atoms with Gasteiger partial charge >= 0.3 is 10.1 Å². The van der Waals surface area contributed by atoms with E-state index < -0.39 is 10.1 Å². The van der Waals surface area contributed by atoms with Gasteiger partial charge < -0.3 is 8.92 Å². The first-order valence-corrected chi connectivity index (χ1v) is 11.0. The first-order chi connectivity index (χ1) is 11.6. The van der Waals surface area contributed by atoms with Gasteiger partial charge in [-0.1, -0.05) is 12.1 Å². The zero-order valence-electron chi connectivity index (χ0n) is 13.2. The maximum absolute atomic E-state index is 12.3. The molecule has 0 amide bonds. The molecule has 0 saturated carbocycles. The summed E-state index contributed by atoms with van der Waals surface area (Å²) in [6.45, 7) is 0. The van der Waals surface area contributed by atoms with Crippen molar-refractivity contribution in [1.29, 1.82) is 0 Å². The van der Waals surface area contributed by atoms with Crippen LogP contribution in [0.3, 0.4) is 0 Å². The molecule has 0 atom stereocenters. The van der Waals surface area contributed by atoms with Crippen molar-refractivity contribution in [2.45, 2.75) is 15.9 Å². The Labute approximate surface area is 151 Å². The smallest absolute Gasteiger partial charge is 0.339 e. The molecule has 0 aromatic heterocycles. The van der Waals surface area contributed by atoms with E-state index in [4.69, 9.17) is 8.92 Å². The number of benzene rings is 2. The molecule has 1 fully saturated rings. The molecule has 3 rings (SSSR count). The highest BCUT2D eigenvalue weighted by Gasteiger charge is 2.19. The van der Waals surface area contributed by atoms with Gasteiger partial charge in [0.2, 0.25) is 0 Å². The Morgan fingerprint density at radius 3 is 2.08 bits per heavy atom. The second kappa shape index (κ2) is 7.72. The molecule has 1 aliphatic heterocycles. The molecule has 0 radical (unpaired) electrons. The molecule has 1 heterocycles. The van der Waals surface area contributed by atoms with Crippen molar-refractivity contribution < 1.29 is 17.3 Å². The van der Waals surface area contributed by atoms with Gasteiger partial charge in [-0.05, 0) is 59.9 Å². The third kappa shape index (κ3) is 4.20. The molecule has 128 valence electrons. The number of hydrogen-bond acceptors (Lipinski definition) is 6. The molecule has 0 unspecified atom stereocenters. The monoisotopic (exact) mass is 382 g/mol. The normalized spacial score (nSPS) is 15.9. The largest absolute Gasteiger partial charge is 0.497 e. The number of methoxy groups -OCH3 is 1. The summed E-state index contributed by atoms with van der Waals surface area (Å²) >= 11 is 3.86. The molecule has 0 bridgehead atoms. The number of ether oxygens (including phenoxy) is 1. The van der Waals surface area contributed by atoms with E-state index in [1.165, 1.54) is 42.7 Å². The summed E-state index contributed by atoms with van der Waals surface area (Å²) in [6.07, 6.45) is 1.24. The Hall–Kier alpha value is -1.31. The molecule has 2 aromatic carbocycles. The average Bonchev–Trinajstić information content (AvgIpc) is 2.63. The number of thioether (sulfide) groups is 2. The van der Waals surface area contributed by atoms with Crippen molar-refractivity contribution >= 4 is 33.6 Å². The Kier molecular flexibility index (Phi) is 5.63. The van der Waals surface area contributed by atoms with Crippen molar-refractivity contribution in [3.63, 3.8) is 0 Å². The number of hydrogen-bond donors (Lipinski definition) is 0. The van der Waals surface area contributed by atoms with Gasteiger partial charge in [0.05, 0.1) is 11.7 Å². The molecule has 0 spiro atoms. The van der Waals surface area contributed by atoms with E-state index in [2.05, 4.69) is 0 Å². The van der Waals surface area contributed by atoms with E-state index in [-0.39, 0.29) is 4.90 Å². The lowest BCUT2D eigenvalue weighted by Crippen LogP contribution is -2.09. The predicted octanol–water partition coefficient (Wildman–Crippen LogP) is 4.33. The minimum absolute atomic E-state index is 0.103. The Morgan fingerprint density at radius 1 is 0.917 bits per heavy atom. The van der Waals surface area contributed by atoms with Crippen LogP contribution in [0.1, 0.15) is 16.6 Å². The van der Waals surface area contributed by atoms with E-state index in [1.54, 1.807) is 24.3 Å². The van der Waals surface area contributed by atoms with E-state index >= 15 is 0 Å². The lowest BCUT2D eigenvalue weighted by molar-refractivity contribution is 0.414. The molecule has 1 saturated heterocycles. The summed E-state index contributed by atoms with van der Waals surface area (Å²) < 4.78 is 35.3. The van der Waals surface area contributed by atoms with Crippen molar-refractivity contribution in [3.8, 4) is 11.5 Å². The van der Waals surface area contributed by atoms with Gasteiger partial charge in [-0.15, -0.1) is 23.5 Å². The van der Waals surface area contributed by atoms with Crippen LogP contribution in [-0.2, 0) is 10.1 Å². The SMILES string of the molecule is COc1ccc(S(=O)(=O)Oc2ccc(C3SCCCS3)cc2)cc1. The summed E-state index contributed by atoms with van der Waals surface area (Å²) in [5.41, 5.74) is 1.19. The van der Waals surface area contributed by atoms with E-state index in [0.29, 0.717) is 16.1 Å². The van der Waals surface area contributed by atoms with Crippen LogP contribution in [0.25, 0.3) is 0 Å². The minimum Gasteiger partial charge on any atom is -0.497 e. The summed E-state index contributed by atoms with van der Waals surface area (Å²) in [5, 5.41) is 0. The molecule has 24 heavy (non-hydrogen) atoms. The molecule has 0 aliphatic carbocycles. The lowest BCUT2D eigenvalue weighted by atomic mass is 10.2. The molecule has 1 aliphatic rings. The highest BCUT2D eigenvalue weighted by molar-refractivity contribution is 8.16. The summed E-state index contributed by atoms with van der Waals surface area (Å²) in [7, 11) is -2.31. The van der Waals surface area contributed by atoms with Gasteiger partial charge in [-0.3, -0.25) is 0 Å². The maximum Gasteiger partial charge on any atom is 0.339 e. The Morgan fingerprint density at radius 2 is 1.50 bits per heavy atom. The quantitative estimate of drug-likeness (QED) is 0.718.